The van der Waals surface area contributed by atoms with E-state index in [-0.39, 0.29) is 0 Å². The highest BCUT2D eigenvalue weighted by atomic mass is 16.5. The molecule has 2 heterocycles. The van der Waals surface area contributed by atoms with Crippen molar-refractivity contribution in [3.05, 3.63) is 23.8 Å². The summed E-state index contributed by atoms with van der Waals surface area (Å²) in [6.45, 7) is 6.91. The summed E-state index contributed by atoms with van der Waals surface area (Å²) >= 11 is 0. The topological polar surface area (TPSA) is 47.0 Å². The minimum Gasteiger partial charge on any atom is -0.379 e. The van der Waals surface area contributed by atoms with Crippen molar-refractivity contribution < 1.29 is 4.74 Å². The quantitative estimate of drug-likeness (QED) is 0.852. The van der Waals surface area contributed by atoms with Gasteiger partial charge in [0.05, 0.1) is 13.2 Å². The molecule has 0 amide bonds. The molecular formula is C13H21N3O. The fourth-order valence-corrected chi connectivity index (χ4v) is 2.04. The van der Waals surface area contributed by atoms with Crippen molar-refractivity contribution in [2.45, 2.75) is 32.7 Å². The first-order chi connectivity index (χ1) is 8.24. The largest absolute Gasteiger partial charge is 0.379 e. The Morgan fingerprint density at radius 1 is 1.53 bits per heavy atom. The highest BCUT2D eigenvalue weighted by molar-refractivity contribution is 5.04. The lowest BCUT2D eigenvalue weighted by atomic mass is 10.1. The molecule has 1 N–H and O–H groups in total. The van der Waals surface area contributed by atoms with Gasteiger partial charge in [-0.15, -0.1) is 0 Å². The second kappa shape index (κ2) is 6.07. The fourth-order valence-electron chi connectivity index (χ4n) is 2.04. The molecular weight excluding hydrogens is 214 g/mol. The number of hydrogen-bond donors (Lipinski definition) is 1. The summed E-state index contributed by atoms with van der Waals surface area (Å²) in [7, 11) is 0. The summed E-state index contributed by atoms with van der Waals surface area (Å²) < 4.78 is 5.43. The summed E-state index contributed by atoms with van der Waals surface area (Å²) in [5, 5.41) is 3.42. The van der Waals surface area contributed by atoms with Crippen molar-refractivity contribution in [1.82, 2.24) is 15.3 Å². The minimum atomic E-state index is 0.359. The molecule has 0 aromatic carbocycles. The van der Waals surface area contributed by atoms with Gasteiger partial charge in [-0.1, -0.05) is 13.8 Å². The third-order valence-corrected chi connectivity index (χ3v) is 2.81. The molecule has 1 unspecified atom stereocenters. The zero-order valence-corrected chi connectivity index (χ0v) is 10.6. The van der Waals surface area contributed by atoms with Crippen LogP contribution in [-0.2, 0) is 17.6 Å². The van der Waals surface area contributed by atoms with Crippen molar-refractivity contribution in [1.29, 1.82) is 0 Å². The minimum absolute atomic E-state index is 0.359. The molecule has 94 valence electrons. The Morgan fingerprint density at radius 3 is 3.12 bits per heavy atom. The summed E-state index contributed by atoms with van der Waals surface area (Å²) in [6, 6.07) is 2.37. The Morgan fingerprint density at radius 2 is 2.41 bits per heavy atom. The molecule has 1 aliphatic heterocycles. The number of nitrogens with zero attached hydrogens (tertiary/aromatic N) is 2. The van der Waals surface area contributed by atoms with E-state index in [0.717, 1.165) is 44.1 Å². The molecule has 4 nitrogen and oxygen atoms in total. The lowest BCUT2D eigenvalue weighted by Crippen LogP contribution is -2.42. The Bertz CT molecular complexity index is 348. The zero-order chi connectivity index (χ0) is 12.1. The van der Waals surface area contributed by atoms with Crippen LogP contribution in [0.15, 0.2) is 12.3 Å². The Balaban J connectivity index is 1.95. The van der Waals surface area contributed by atoms with E-state index in [1.807, 2.05) is 12.3 Å². The van der Waals surface area contributed by atoms with Crippen molar-refractivity contribution in [3.63, 3.8) is 0 Å². The number of hydrogen-bond acceptors (Lipinski definition) is 4. The van der Waals surface area contributed by atoms with Crippen LogP contribution >= 0.6 is 0 Å². The number of morpholine rings is 1. The molecule has 1 aliphatic rings. The molecule has 0 spiro atoms. The molecule has 2 rings (SSSR count). The summed E-state index contributed by atoms with van der Waals surface area (Å²) in [4.78, 5) is 8.93. The van der Waals surface area contributed by atoms with E-state index in [4.69, 9.17) is 4.74 Å². The van der Waals surface area contributed by atoms with Crippen molar-refractivity contribution >= 4 is 0 Å². The van der Waals surface area contributed by atoms with Gasteiger partial charge >= 0.3 is 0 Å². The molecule has 1 aromatic rings. The van der Waals surface area contributed by atoms with Gasteiger partial charge in [-0.3, -0.25) is 0 Å². The van der Waals surface area contributed by atoms with Crippen LogP contribution in [0, 0.1) is 5.92 Å². The molecule has 0 radical (unpaired) electrons. The van der Waals surface area contributed by atoms with Gasteiger partial charge in [-0.25, -0.2) is 9.97 Å². The van der Waals surface area contributed by atoms with Gasteiger partial charge in [0, 0.05) is 30.9 Å². The molecule has 0 aliphatic carbocycles. The van der Waals surface area contributed by atoms with E-state index in [2.05, 4.69) is 29.1 Å². The van der Waals surface area contributed by atoms with Gasteiger partial charge in [-0.2, -0.15) is 0 Å². The van der Waals surface area contributed by atoms with E-state index in [1.54, 1.807) is 0 Å². The van der Waals surface area contributed by atoms with Gasteiger partial charge in [0.1, 0.15) is 5.82 Å². The van der Waals surface area contributed by atoms with Gasteiger partial charge in [0.15, 0.2) is 0 Å². The van der Waals surface area contributed by atoms with Crippen LogP contribution in [0.2, 0.25) is 0 Å². The molecule has 1 aromatic heterocycles. The number of nitrogens with one attached hydrogen (secondary N) is 1. The first-order valence-electron chi connectivity index (χ1n) is 6.36. The first-order valence-corrected chi connectivity index (χ1v) is 6.36. The predicted molar refractivity (Wildman–Crippen MR) is 66.9 cm³/mol. The SMILES string of the molecule is CC(C)Cc1ccnc(CC2COCCN2)n1. The zero-order valence-electron chi connectivity index (χ0n) is 10.6. The molecule has 1 saturated heterocycles. The summed E-state index contributed by atoms with van der Waals surface area (Å²) in [6.07, 6.45) is 3.74. The predicted octanol–water partition coefficient (Wildman–Crippen LogP) is 1.21. The molecule has 1 fully saturated rings. The smallest absolute Gasteiger partial charge is 0.130 e. The standard InChI is InChI=1S/C13H21N3O/c1-10(2)7-11-3-4-15-13(16-11)8-12-9-17-6-5-14-12/h3-4,10,12,14H,5-9H2,1-2H3. The monoisotopic (exact) mass is 235 g/mol. The van der Waals surface area contributed by atoms with Gasteiger partial charge < -0.3 is 10.1 Å². The lowest BCUT2D eigenvalue weighted by molar-refractivity contribution is 0.0764. The van der Waals surface area contributed by atoms with E-state index in [0.29, 0.717) is 12.0 Å². The maximum Gasteiger partial charge on any atom is 0.130 e. The second-order valence-electron chi connectivity index (χ2n) is 4.99. The van der Waals surface area contributed by atoms with Crippen molar-refractivity contribution in [3.8, 4) is 0 Å². The van der Waals surface area contributed by atoms with Crippen LogP contribution in [-0.4, -0.2) is 35.8 Å². The van der Waals surface area contributed by atoms with Gasteiger partial charge in [0.25, 0.3) is 0 Å². The average molecular weight is 235 g/mol. The molecule has 17 heavy (non-hydrogen) atoms. The van der Waals surface area contributed by atoms with Crippen LogP contribution < -0.4 is 5.32 Å². The van der Waals surface area contributed by atoms with Crippen LogP contribution in [0.4, 0.5) is 0 Å². The van der Waals surface area contributed by atoms with Crippen molar-refractivity contribution in [2.24, 2.45) is 5.92 Å². The number of aromatic nitrogens is 2. The lowest BCUT2D eigenvalue weighted by Gasteiger charge is -2.23. The Labute approximate surface area is 103 Å². The molecule has 1 atom stereocenters. The third kappa shape index (κ3) is 4.06. The van der Waals surface area contributed by atoms with Crippen molar-refractivity contribution in [2.75, 3.05) is 19.8 Å². The van der Waals surface area contributed by atoms with Gasteiger partial charge in [0.2, 0.25) is 0 Å². The van der Waals surface area contributed by atoms with Gasteiger partial charge in [-0.05, 0) is 18.4 Å². The van der Waals surface area contributed by atoms with E-state index in [1.165, 1.54) is 0 Å². The average Bonchev–Trinajstić information content (AvgIpc) is 2.30. The van der Waals surface area contributed by atoms with E-state index < -0.39 is 0 Å². The molecule has 4 heteroatoms. The normalized spacial score (nSPS) is 20.8. The fraction of sp³-hybridized carbons (Fsp3) is 0.692. The van der Waals surface area contributed by atoms with Crippen LogP contribution in [0.5, 0.6) is 0 Å². The molecule has 0 saturated carbocycles. The van der Waals surface area contributed by atoms with Crippen LogP contribution in [0.3, 0.4) is 0 Å². The summed E-state index contributed by atoms with van der Waals surface area (Å²) in [5.41, 5.74) is 1.14. The Hall–Kier alpha value is -1.00. The van der Waals surface area contributed by atoms with E-state index >= 15 is 0 Å². The number of ether oxygens (including phenoxy) is 1. The molecule has 0 bridgehead atoms. The summed E-state index contributed by atoms with van der Waals surface area (Å²) in [5.74, 6) is 1.56. The third-order valence-electron chi connectivity index (χ3n) is 2.81. The highest BCUT2D eigenvalue weighted by Gasteiger charge is 2.15. The Kier molecular flexibility index (Phi) is 4.45. The van der Waals surface area contributed by atoms with E-state index in [9.17, 15) is 0 Å². The first kappa shape index (κ1) is 12.5. The maximum absolute atomic E-state index is 5.43. The number of rotatable bonds is 4. The highest BCUT2D eigenvalue weighted by Crippen LogP contribution is 2.06. The second-order valence-corrected chi connectivity index (χ2v) is 4.99. The van der Waals surface area contributed by atoms with Crippen LogP contribution in [0.25, 0.3) is 0 Å². The maximum atomic E-state index is 5.43. The van der Waals surface area contributed by atoms with Crippen LogP contribution in [0.1, 0.15) is 25.4 Å².